The summed E-state index contributed by atoms with van der Waals surface area (Å²) >= 11 is 1.63. The Balaban J connectivity index is 1.50. The van der Waals surface area contributed by atoms with Crippen molar-refractivity contribution in [2.24, 2.45) is 0 Å². The average Bonchev–Trinajstić information content (AvgIpc) is 3.27. The highest BCUT2D eigenvalue weighted by Gasteiger charge is 2.25. The third kappa shape index (κ3) is 3.85. The van der Waals surface area contributed by atoms with Crippen LogP contribution in [-0.2, 0) is 6.54 Å². The van der Waals surface area contributed by atoms with Crippen molar-refractivity contribution in [3.63, 3.8) is 0 Å². The molecular weight excluding hydrogens is 334 g/mol. The van der Waals surface area contributed by atoms with Gasteiger partial charge in [0.05, 0.1) is 5.69 Å². The monoisotopic (exact) mass is 355 g/mol. The van der Waals surface area contributed by atoms with Gasteiger partial charge in [-0.15, -0.1) is 11.3 Å². The second-order valence-electron chi connectivity index (χ2n) is 6.35. The van der Waals surface area contributed by atoms with Gasteiger partial charge in [-0.1, -0.05) is 0 Å². The minimum absolute atomic E-state index is 0.369. The number of nitrogens with zero attached hydrogens (tertiary/aromatic N) is 5. The molecule has 4 heterocycles. The molecule has 0 radical (unpaired) electrons. The Bertz CT molecular complexity index is 814. The number of likely N-dealkylation sites (tertiary alicyclic amines) is 1. The lowest BCUT2D eigenvalue weighted by Crippen LogP contribution is -2.34. The van der Waals surface area contributed by atoms with Gasteiger partial charge in [0.15, 0.2) is 10.9 Å². The van der Waals surface area contributed by atoms with Crippen molar-refractivity contribution in [2.75, 3.05) is 18.4 Å². The fourth-order valence-electron chi connectivity index (χ4n) is 3.29. The van der Waals surface area contributed by atoms with E-state index in [4.69, 9.17) is 0 Å². The van der Waals surface area contributed by atoms with Crippen molar-refractivity contribution in [1.29, 1.82) is 0 Å². The van der Waals surface area contributed by atoms with E-state index in [1.54, 1.807) is 29.9 Å². The van der Waals surface area contributed by atoms with E-state index >= 15 is 0 Å². The van der Waals surface area contributed by atoms with Crippen molar-refractivity contribution in [1.82, 2.24) is 30.0 Å². The third-order valence-electron chi connectivity index (χ3n) is 4.42. The quantitative estimate of drug-likeness (QED) is 0.732. The largest absolute Gasteiger partial charge is 0.315 e. The number of piperidine rings is 1. The van der Waals surface area contributed by atoms with Gasteiger partial charge in [-0.05, 0) is 32.4 Å². The Kier molecular flexibility index (Phi) is 4.71. The van der Waals surface area contributed by atoms with Crippen molar-refractivity contribution in [2.45, 2.75) is 32.2 Å². The first-order valence-corrected chi connectivity index (χ1v) is 9.30. The summed E-state index contributed by atoms with van der Waals surface area (Å²) in [5.74, 6) is 1.19. The van der Waals surface area contributed by atoms with Crippen LogP contribution in [0.5, 0.6) is 0 Å². The molecule has 25 heavy (non-hydrogen) atoms. The second kappa shape index (κ2) is 7.28. The summed E-state index contributed by atoms with van der Waals surface area (Å²) in [6.07, 6.45) is 9.47. The van der Waals surface area contributed by atoms with Crippen LogP contribution in [0, 0.1) is 6.92 Å². The fraction of sp³-hybridized carbons (Fsp3) is 0.412. The van der Waals surface area contributed by atoms with E-state index in [1.807, 2.05) is 12.3 Å². The Hall–Kier alpha value is -2.32. The number of H-pyrrole nitrogens is 1. The maximum absolute atomic E-state index is 4.64. The van der Waals surface area contributed by atoms with Crippen LogP contribution >= 0.6 is 11.3 Å². The van der Waals surface area contributed by atoms with Gasteiger partial charge < -0.3 is 5.32 Å². The van der Waals surface area contributed by atoms with Crippen LogP contribution in [0.2, 0.25) is 0 Å². The van der Waals surface area contributed by atoms with Gasteiger partial charge in [0.1, 0.15) is 0 Å². The summed E-state index contributed by atoms with van der Waals surface area (Å²) in [5.41, 5.74) is 2.18. The molecule has 0 saturated carbocycles. The molecule has 3 aromatic rings. The van der Waals surface area contributed by atoms with Gasteiger partial charge in [-0.2, -0.15) is 5.10 Å². The molecule has 130 valence electrons. The minimum Gasteiger partial charge on any atom is -0.315 e. The predicted octanol–water partition coefficient (Wildman–Crippen LogP) is 3.09. The maximum atomic E-state index is 4.64. The minimum atomic E-state index is 0.369. The highest BCUT2D eigenvalue weighted by atomic mass is 32.1. The number of anilines is 2. The summed E-state index contributed by atoms with van der Waals surface area (Å²) in [4.78, 5) is 17.2. The first-order valence-electron chi connectivity index (χ1n) is 8.49. The van der Waals surface area contributed by atoms with E-state index in [2.05, 4.69) is 42.3 Å². The molecule has 0 unspecified atom stereocenters. The predicted molar refractivity (Wildman–Crippen MR) is 98.0 cm³/mol. The van der Waals surface area contributed by atoms with Gasteiger partial charge in [-0.3, -0.25) is 15.0 Å². The molecule has 0 bridgehead atoms. The lowest BCUT2D eigenvalue weighted by atomic mass is 9.94. The van der Waals surface area contributed by atoms with Crippen LogP contribution in [0.15, 0.2) is 30.9 Å². The zero-order chi connectivity index (χ0) is 17.1. The summed E-state index contributed by atoms with van der Waals surface area (Å²) < 4.78 is 0. The lowest BCUT2D eigenvalue weighted by Gasteiger charge is -2.32. The second-order valence-corrected chi connectivity index (χ2v) is 7.58. The van der Waals surface area contributed by atoms with Crippen LogP contribution < -0.4 is 5.32 Å². The maximum Gasteiger partial charge on any atom is 0.188 e. The van der Waals surface area contributed by atoms with Crippen molar-refractivity contribution < 1.29 is 0 Å². The first-order chi connectivity index (χ1) is 12.3. The molecular formula is C17H21N7S. The first kappa shape index (κ1) is 16.2. The fourth-order valence-corrected chi connectivity index (χ4v) is 3.96. The molecule has 1 atom stereocenters. The van der Waals surface area contributed by atoms with Crippen molar-refractivity contribution in [3.05, 3.63) is 47.1 Å². The molecule has 1 aliphatic heterocycles. The van der Waals surface area contributed by atoms with Gasteiger partial charge in [0, 0.05) is 54.4 Å². The summed E-state index contributed by atoms with van der Waals surface area (Å²) in [5, 5.41) is 11.3. The molecule has 0 aromatic carbocycles. The smallest absolute Gasteiger partial charge is 0.188 e. The average molecular weight is 355 g/mol. The number of aromatic amines is 1. The number of hydrogen-bond donors (Lipinski definition) is 2. The molecule has 2 N–H and O–H groups in total. The Morgan fingerprint density at radius 1 is 1.28 bits per heavy atom. The molecule has 1 saturated heterocycles. The normalized spacial score (nSPS) is 18.4. The zero-order valence-electron chi connectivity index (χ0n) is 14.1. The standard InChI is InChI=1S/C17H21N7S/c1-12-9-20-17(25-12)22-16-15(18-6-7-19-16)13-3-2-8-24(10-13)11-14-4-5-21-23-14/h4-7,9,13H,2-3,8,10-11H2,1H3,(H,21,23)(H,19,20,22)/t13-/m0/s1. The van der Waals surface area contributed by atoms with Crippen LogP contribution in [0.1, 0.15) is 35.0 Å². The lowest BCUT2D eigenvalue weighted by molar-refractivity contribution is 0.196. The number of aromatic nitrogens is 5. The van der Waals surface area contributed by atoms with Crippen LogP contribution in [0.4, 0.5) is 10.9 Å². The molecule has 0 spiro atoms. The van der Waals surface area contributed by atoms with E-state index in [-0.39, 0.29) is 0 Å². The number of aryl methyl sites for hydroxylation is 1. The molecule has 1 aliphatic rings. The van der Waals surface area contributed by atoms with E-state index in [0.29, 0.717) is 5.92 Å². The zero-order valence-corrected chi connectivity index (χ0v) is 15.0. The Morgan fingerprint density at radius 3 is 3.00 bits per heavy atom. The summed E-state index contributed by atoms with van der Waals surface area (Å²) in [7, 11) is 0. The number of hydrogen-bond acceptors (Lipinski definition) is 7. The van der Waals surface area contributed by atoms with Crippen LogP contribution in [-0.4, -0.2) is 43.1 Å². The topological polar surface area (TPSA) is 82.6 Å². The van der Waals surface area contributed by atoms with E-state index in [0.717, 1.165) is 54.8 Å². The SMILES string of the molecule is Cc1cnc(Nc2nccnc2[C@H]2CCCN(Cc3ccn[nH]3)C2)s1. The van der Waals surface area contributed by atoms with Gasteiger partial charge in [-0.25, -0.2) is 9.97 Å². The van der Waals surface area contributed by atoms with Crippen LogP contribution in [0.25, 0.3) is 0 Å². The molecule has 3 aromatic heterocycles. The van der Waals surface area contributed by atoms with Crippen molar-refractivity contribution in [3.8, 4) is 0 Å². The molecule has 1 fully saturated rings. The number of rotatable bonds is 5. The third-order valence-corrected chi connectivity index (χ3v) is 5.25. The number of nitrogens with one attached hydrogen (secondary N) is 2. The molecule has 0 amide bonds. The molecule has 7 nitrogen and oxygen atoms in total. The van der Waals surface area contributed by atoms with Gasteiger partial charge in [0.2, 0.25) is 0 Å². The van der Waals surface area contributed by atoms with Gasteiger partial charge in [0.25, 0.3) is 0 Å². The summed E-state index contributed by atoms with van der Waals surface area (Å²) in [6.45, 7) is 5.02. The molecule has 0 aliphatic carbocycles. The molecule has 8 heteroatoms. The highest BCUT2D eigenvalue weighted by Crippen LogP contribution is 2.31. The van der Waals surface area contributed by atoms with E-state index < -0.39 is 0 Å². The van der Waals surface area contributed by atoms with E-state index in [9.17, 15) is 0 Å². The summed E-state index contributed by atoms with van der Waals surface area (Å²) in [6, 6.07) is 2.03. The Labute approximate surface area is 150 Å². The highest BCUT2D eigenvalue weighted by molar-refractivity contribution is 7.15. The van der Waals surface area contributed by atoms with Crippen LogP contribution in [0.3, 0.4) is 0 Å². The van der Waals surface area contributed by atoms with E-state index in [1.165, 1.54) is 4.88 Å². The Morgan fingerprint density at radius 2 is 2.20 bits per heavy atom. The number of thiazole rings is 1. The molecule has 4 rings (SSSR count). The van der Waals surface area contributed by atoms with Crippen molar-refractivity contribution >= 4 is 22.3 Å². The van der Waals surface area contributed by atoms with Gasteiger partial charge >= 0.3 is 0 Å².